The summed E-state index contributed by atoms with van der Waals surface area (Å²) >= 11 is 3.55. The number of H-pyrrole nitrogens is 1. The van der Waals surface area contributed by atoms with Gasteiger partial charge in [0.2, 0.25) is 5.56 Å². The second-order valence-electron chi connectivity index (χ2n) is 3.12. The minimum absolute atomic E-state index is 0.0000926. The average Bonchev–Trinajstić information content (AvgIpc) is 2.07. The number of aromatic nitrogens is 1. The second kappa shape index (κ2) is 3.05. The molecule has 2 rings (SSSR count). The van der Waals surface area contributed by atoms with E-state index in [9.17, 15) is 4.79 Å². The van der Waals surface area contributed by atoms with Gasteiger partial charge < -0.3 is 4.98 Å². The van der Waals surface area contributed by atoms with Gasteiger partial charge in [-0.05, 0) is 24.8 Å². The predicted molar refractivity (Wildman–Crippen MR) is 51.7 cm³/mol. The molecule has 1 unspecified atom stereocenters. The Morgan fingerprint density at radius 2 is 2.33 bits per heavy atom. The van der Waals surface area contributed by atoms with Crippen molar-refractivity contribution < 1.29 is 0 Å². The quantitative estimate of drug-likeness (QED) is 0.678. The molecule has 0 saturated carbocycles. The minimum Gasteiger partial charge on any atom is -0.325 e. The predicted octanol–water partition coefficient (Wildman–Crippen LogP) is 2.15. The monoisotopic (exact) mass is 227 g/mol. The molecule has 0 aromatic carbocycles. The van der Waals surface area contributed by atoms with Crippen LogP contribution in [0.2, 0.25) is 0 Å². The fourth-order valence-corrected chi connectivity index (χ4v) is 2.37. The molecule has 1 atom stereocenters. The topological polar surface area (TPSA) is 32.9 Å². The summed E-state index contributed by atoms with van der Waals surface area (Å²) in [6.07, 6.45) is 3.41. The fraction of sp³-hybridized carbons (Fsp3) is 0.444. The van der Waals surface area contributed by atoms with E-state index < -0.39 is 0 Å². The van der Waals surface area contributed by atoms with E-state index in [2.05, 4.69) is 20.9 Å². The molecule has 12 heavy (non-hydrogen) atoms. The molecule has 0 amide bonds. The van der Waals surface area contributed by atoms with E-state index in [1.165, 1.54) is 12.0 Å². The SMILES string of the molecule is O=c1ccc2c([nH]1)C(Br)CCC2. The average molecular weight is 228 g/mol. The number of nitrogens with one attached hydrogen (secondary N) is 1. The van der Waals surface area contributed by atoms with Gasteiger partial charge in [0.15, 0.2) is 0 Å². The number of aromatic amines is 1. The van der Waals surface area contributed by atoms with E-state index in [4.69, 9.17) is 0 Å². The molecule has 1 N–H and O–H groups in total. The van der Waals surface area contributed by atoms with Crippen LogP contribution in [-0.4, -0.2) is 4.98 Å². The molecule has 0 spiro atoms. The molecule has 1 heterocycles. The van der Waals surface area contributed by atoms with Gasteiger partial charge in [-0.3, -0.25) is 4.79 Å². The summed E-state index contributed by atoms with van der Waals surface area (Å²) in [6, 6.07) is 3.53. The number of hydrogen-bond acceptors (Lipinski definition) is 1. The number of aryl methyl sites for hydroxylation is 1. The highest BCUT2D eigenvalue weighted by atomic mass is 79.9. The van der Waals surface area contributed by atoms with Gasteiger partial charge in [0.25, 0.3) is 0 Å². The third kappa shape index (κ3) is 1.33. The van der Waals surface area contributed by atoms with E-state index in [1.54, 1.807) is 6.07 Å². The van der Waals surface area contributed by atoms with Crippen molar-refractivity contribution in [3.63, 3.8) is 0 Å². The van der Waals surface area contributed by atoms with Gasteiger partial charge >= 0.3 is 0 Å². The smallest absolute Gasteiger partial charge is 0.248 e. The largest absolute Gasteiger partial charge is 0.325 e. The van der Waals surface area contributed by atoms with Gasteiger partial charge in [-0.25, -0.2) is 0 Å². The summed E-state index contributed by atoms with van der Waals surface area (Å²) in [4.78, 5) is 14.2. The molecule has 0 radical (unpaired) electrons. The van der Waals surface area contributed by atoms with Gasteiger partial charge in [-0.1, -0.05) is 22.0 Å². The van der Waals surface area contributed by atoms with E-state index in [1.807, 2.05) is 6.07 Å². The highest BCUT2D eigenvalue weighted by Crippen LogP contribution is 2.33. The van der Waals surface area contributed by atoms with E-state index in [0.29, 0.717) is 4.83 Å². The van der Waals surface area contributed by atoms with E-state index >= 15 is 0 Å². The molecule has 3 heteroatoms. The molecule has 1 aliphatic carbocycles. The summed E-state index contributed by atoms with van der Waals surface area (Å²) < 4.78 is 0. The number of hydrogen-bond donors (Lipinski definition) is 1. The molecular formula is C9H10BrNO. The number of halogens is 1. The Bertz CT molecular complexity index is 345. The van der Waals surface area contributed by atoms with Crippen LogP contribution in [0.1, 0.15) is 28.9 Å². The third-order valence-electron chi connectivity index (χ3n) is 2.26. The Balaban J connectivity index is 2.54. The Morgan fingerprint density at radius 3 is 3.17 bits per heavy atom. The van der Waals surface area contributed by atoms with Gasteiger partial charge in [0, 0.05) is 11.8 Å². The zero-order valence-electron chi connectivity index (χ0n) is 6.64. The van der Waals surface area contributed by atoms with Crippen molar-refractivity contribution >= 4 is 15.9 Å². The first-order valence-electron chi connectivity index (χ1n) is 4.13. The second-order valence-corrected chi connectivity index (χ2v) is 4.23. The van der Waals surface area contributed by atoms with Gasteiger partial charge in [0.05, 0.1) is 4.83 Å². The molecule has 0 bridgehead atoms. The first kappa shape index (κ1) is 8.05. The lowest BCUT2D eigenvalue weighted by molar-refractivity contribution is 0.660. The molecule has 0 aliphatic heterocycles. The summed E-state index contributed by atoms with van der Waals surface area (Å²) in [7, 11) is 0. The molecule has 1 aromatic heterocycles. The van der Waals surface area contributed by atoms with Crippen molar-refractivity contribution in [1.82, 2.24) is 4.98 Å². The molecule has 0 saturated heterocycles. The summed E-state index contributed by atoms with van der Waals surface area (Å²) in [5.41, 5.74) is 2.36. The third-order valence-corrected chi connectivity index (χ3v) is 3.17. The van der Waals surface area contributed by atoms with Crippen LogP contribution in [0.5, 0.6) is 0 Å². The van der Waals surface area contributed by atoms with Crippen molar-refractivity contribution in [2.24, 2.45) is 0 Å². The summed E-state index contributed by atoms with van der Waals surface area (Å²) in [6.45, 7) is 0. The molecule has 64 valence electrons. The van der Waals surface area contributed by atoms with E-state index in [-0.39, 0.29) is 5.56 Å². The summed E-state index contributed by atoms with van der Waals surface area (Å²) in [5.74, 6) is 0. The lowest BCUT2D eigenvalue weighted by Gasteiger charge is -2.19. The maximum Gasteiger partial charge on any atom is 0.248 e. The van der Waals surface area contributed by atoms with Crippen LogP contribution in [0.4, 0.5) is 0 Å². The highest BCUT2D eigenvalue weighted by molar-refractivity contribution is 9.09. The summed E-state index contributed by atoms with van der Waals surface area (Å²) in [5, 5.41) is 0. The highest BCUT2D eigenvalue weighted by Gasteiger charge is 2.17. The fourth-order valence-electron chi connectivity index (χ4n) is 1.63. The van der Waals surface area contributed by atoms with Crippen LogP contribution in [0.15, 0.2) is 16.9 Å². The van der Waals surface area contributed by atoms with Crippen molar-refractivity contribution in [3.8, 4) is 0 Å². The van der Waals surface area contributed by atoms with Gasteiger partial charge in [-0.15, -0.1) is 0 Å². The number of rotatable bonds is 0. The first-order chi connectivity index (χ1) is 5.77. The molecular weight excluding hydrogens is 218 g/mol. The van der Waals surface area contributed by atoms with Crippen molar-refractivity contribution in [3.05, 3.63) is 33.7 Å². The van der Waals surface area contributed by atoms with Crippen molar-refractivity contribution in [2.45, 2.75) is 24.1 Å². The van der Waals surface area contributed by atoms with Gasteiger partial charge in [-0.2, -0.15) is 0 Å². The van der Waals surface area contributed by atoms with Crippen LogP contribution in [0, 0.1) is 0 Å². The maximum absolute atomic E-state index is 11.0. The zero-order valence-corrected chi connectivity index (χ0v) is 8.23. The minimum atomic E-state index is 0.0000926. The van der Waals surface area contributed by atoms with Crippen LogP contribution in [0.25, 0.3) is 0 Å². The molecule has 1 aromatic rings. The molecule has 2 nitrogen and oxygen atoms in total. The Morgan fingerprint density at radius 1 is 1.50 bits per heavy atom. The first-order valence-corrected chi connectivity index (χ1v) is 5.05. The number of pyridine rings is 1. The maximum atomic E-state index is 11.0. The Kier molecular flexibility index (Phi) is 2.05. The normalized spacial score (nSPS) is 21.9. The zero-order chi connectivity index (χ0) is 8.55. The van der Waals surface area contributed by atoms with Crippen LogP contribution in [-0.2, 0) is 6.42 Å². The van der Waals surface area contributed by atoms with Crippen LogP contribution >= 0.6 is 15.9 Å². The van der Waals surface area contributed by atoms with Gasteiger partial charge in [0.1, 0.15) is 0 Å². The lowest BCUT2D eigenvalue weighted by atomic mass is 9.96. The lowest BCUT2D eigenvalue weighted by Crippen LogP contribution is -2.14. The Labute approximate surface area is 79.1 Å². The van der Waals surface area contributed by atoms with Crippen molar-refractivity contribution in [2.75, 3.05) is 0 Å². The van der Waals surface area contributed by atoms with Crippen molar-refractivity contribution in [1.29, 1.82) is 0 Å². The standard InChI is InChI=1S/C9H10BrNO/c10-7-3-1-2-6-4-5-8(12)11-9(6)7/h4-5,7H,1-3H2,(H,11,12). The van der Waals surface area contributed by atoms with Crippen LogP contribution in [0.3, 0.4) is 0 Å². The number of alkyl halides is 1. The molecule has 0 fully saturated rings. The molecule has 1 aliphatic rings. The van der Waals surface area contributed by atoms with Crippen LogP contribution < -0.4 is 5.56 Å². The number of fused-ring (bicyclic) bond motifs is 1. The Hall–Kier alpha value is -0.570. The van der Waals surface area contributed by atoms with E-state index in [0.717, 1.165) is 18.5 Å².